The molecule has 0 fully saturated rings. The van der Waals surface area contributed by atoms with Crippen LogP contribution in [0.4, 0.5) is 26.3 Å². The Morgan fingerprint density at radius 3 is 1.30 bits per heavy atom. The molecule has 0 bridgehead atoms. The highest BCUT2D eigenvalue weighted by Gasteiger charge is 2.63. The van der Waals surface area contributed by atoms with Crippen LogP contribution in [-0.2, 0) is 47.2 Å². The van der Waals surface area contributed by atoms with Gasteiger partial charge in [-0.3, -0.25) is 29.8 Å². The Bertz CT molecular complexity index is 1890. The van der Waals surface area contributed by atoms with Crippen molar-refractivity contribution in [1.82, 2.24) is 0 Å². The van der Waals surface area contributed by atoms with Gasteiger partial charge in [0.05, 0.1) is 58.1 Å². The molecule has 11 nitrogen and oxygen atoms in total. The normalized spacial score (nSPS) is 23.5. The quantitative estimate of drug-likeness (QED) is 0.0784. The lowest BCUT2D eigenvalue weighted by Gasteiger charge is -2.39. The minimum absolute atomic E-state index is 0.212. The average Bonchev–Trinajstić information content (AvgIpc) is 3.14. The monoisotopic (exact) mass is 848 g/mol. The second-order valence-electron chi connectivity index (χ2n) is 12.9. The van der Waals surface area contributed by atoms with E-state index in [-0.39, 0.29) is 26.1 Å². The van der Waals surface area contributed by atoms with Gasteiger partial charge in [-0.05, 0) is 51.0 Å². The Morgan fingerprint density at radius 2 is 1.02 bits per heavy atom. The Balaban J connectivity index is 2.04. The molecular weight excluding hydrogens is 813 g/mol. The first-order chi connectivity index (χ1) is 26.7. The molecule has 6 atom stereocenters. The van der Waals surface area contributed by atoms with Crippen LogP contribution in [0.1, 0.15) is 62.8 Å². The molecule has 2 aromatic carbocycles. The van der Waals surface area contributed by atoms with E-state index >= 15 is 0 Å². The molecule has 0 aromatic heterocycles. The van der Waals surface area contributed by atoms with Crippen LogP contribution in [0.2, 0.25) is 0 Å². The summed E-state index contributed by atoms with van der Waals surface area (Å²) in [7, 11) is 0. The standard InChI is InChI=1S/C38H36Cl2F6N2O9/c1-5-21(33(49)55-7-3)29-31(39)27(17-19-35(29,47(51)52)23-13-9-11-15-25(23)37(41,42)43)57-28-18-20-36(48(53)54,24-14-10-12-16-26(24)38(44,45)46)30(32(28)40)22(6-2)34(50)56-8-4/h9-22,29-30H,5-8H2,1-4H3. The van der Waals surface area contributed by atoms with E-state index in [9.17, 15) is 56.2 Å². The molecule has 0 N–H and O–H groups in total. The van der Waals surface area contributed by atoms with Gasteiger partial charge in [-0.15, -0.1) is 0 Å². The number of rotatable bonds is 14. The Hall–Kier alpha value is -4.90. The van der Waals surface area contributed by atoms with Crippen LogP contribution in [-0.4, -0.2) is 35.0 Å². The number of nitro groups is 2. The van der Waals surface area contributed by atoms with Crippen molar-refractivity contribution in [2.24, 2.45) is 23.7 Å². The number of ether oxygens (including phenoxy) is 3. The third kappa shape index (κ3) is 8.13. The number of alkyl halides is 6. The molecule has 0 spiro atoms. The zero-order valence-electron chi connectivity index (χ0n) is 30.7. The number of hydrogen-bond acceptors (Lipinski definition) is 9. The van der Waals surface area contributed by atoms with E-state index in [1.54, 1.807) is 0 Å². The fourth-order valence-corrected chi connectivity index (χ4v) is 8.35. The molecule has 0 amide bonds. The van der Waals surface area contributed by atoms with Crippen LogP contribution in [0.15, 0.2) is 94.4 Å². The maximum atomic E-state index is 14.4. The summed E-state index contributed by atoms with van der Waals surface area (Å²) in [6.07, 6.45) is -7.45. The van der Waals surface area contributed by atoms with Gasteiger partial charge in [0.25, 0.3) is 11.1 Å². The van der Waals surface area contributed by atoms with Crippen LogP contribution in [0, 0.1) is 43.9 Å². The third-order valence-electron chi connectivity index (χ3n) is 9.96. The predicted octanol–water partition coefficient (Wildman–Crippen LogP) is 9.84. The molecule has 19 heteroatoms. The molecule has 308 valence electrons. The molecular formula is C38H36Cl2F6N2O9. The Kier molecular flexibility index (Phi) is 13.6. The first-order valence-electron chi connectivity index (χ1n) is 17.5. The van der Waals surface area contributed by atoms with Crippen molar-refractivity contribution in [2.75, 3.05) is 13.2 Å². The number of nitrogens with zero attached hydrogens (tertiary/aromatic N) is 2. The molecule has 0 heterocycles. The highest BCUT2D eigenvalue weighted by Crippen LogP contribution is 2.55. The van der Waals surface area contributed by atoms with Gasteiger partial charge in [0.15, 0.2) is 0 Å². The maximum Gasteiger partial charge on any atom is 0.416 e. The summed E-state index contributed by atoms with van der Waals surface area (Å²) < 4.78 is 103. The van der Waals surface area contributed by atoms with Crippen molar-refractivity contribution < 1.29 is 60.0 Å². The zero-order chi connectivity index (χ0) is 42.7. The van der Waals surface area contributed by atoms with E-state index in [1.807, 2.05) is 0 Å². The van der Waals surface area contributed by atoms with Crippen LogP contribution in [0.5, 0.6) is 0 Å². The lowest BCUT2D eigenvalue weighted by Crippen LogP contribution is -2.50. The fourth-order valence-electron chi connectivity index (χ4n) is 7.51. The molecule has 0 saturated carbocycles. The van der Waals surface area contributed by atoms with E-state index in [1.165, 1.54) is 27.7 Å². The SMILES string of the molecule is CCOC(=O)C(CC)C1C(Cl)=C(OC2=C(Cl)C(C(CC)C(=O)OCC)C(c3ccccc3C(F)(F)F)([N+](=O)[O-])C=C2)C=CC1(c1ccccc1C(F)(F)F)[N+](=O)[O-]. The number of esters is 2. The number of carbonyl (C=O) groups is 2. The zero-order valence-corrected chi connectivity index (χ0v) is 32.2. The minimum atomic E-state index is -5.11. The Morgan fingerprint density at radius 1 is 0.684 bits per heavy atom. The molecule has 0 aliphatic heterocycles. The van der Waals surface area contributed by atoms with Crippen molar-refractivity contribution in [3.05, 3.63) is 137 Å². The predicted molar refractivity (Wildman–Crippen MR) is 193 cm³/mol. The lowest BCUT2D eigenvalue weighted by atomic mass is 9.67. The van der Waals surface area contributed by atoms with E-state index < -0.39 is 113 Å². The highest BCUT2D eigenvalue weighted by molar-refractivity contribution is 6.31. The van der Waals surface area contributed by atoms with Crippen molar-refractivity contribution in [1.29, 1.82) is 0 Å². The smallest absolute Gasteiger partial charge is 0.416 e. The van der Waals surface area contributed by atoms with Gasteiger partial charge >= 0.3 is 24.3 Å². The van der Waals surface area contributed by atoms with Crippen molar-refractivity contribution >= 4 is 35.1 Å². The summed E-state index contributed by atoms with van der Waals surface area (Å²) in [6.45, 7) is 5.31. The first-order valence-corrected chi connectivity index (χ1v) is 18.3. The molecule has 4 rings (SSSR count). The van der Waals surface area contributed by atoms with Crippen molar-refractivity contribution in [3.8, 4) is 0 Å². The van der Waals surface area contributed by atoms with Gasteiger partial charge in [0.1, 0.15) is 11.5 Å². The summed E-state index contributed by atoms with van der Waals surface area (Å²) in [4.78, 5) is 51.1. The van der Waals surface area contributed by atoms with E-state index in [0.717, 1.165) is 60.7 Å². The van der Waals surface area contributed by atoms with Crippen LogP contribution in [0.25, 0.3) is 0 Å². The highest BCUT2D eigenvalue weighted by atomic mass is 35.5. The summed E-state index contributed by atoms with van der Waals surface area (Å²) in [5, 5.41) is 25.1. The molecule has 57 heavy (non-hydrogen) atoms. The van der Waals surface area contributed by atoms with Gasteiger partial charge in [0.2, 0.25) is 0 Å². The number of carbonyl (C=O) groups excluding carboxylic acids is 2. The number of benzene rings is 2. The largest absolute Gasteiger partial charge is 0.466 e. The second-order valence-corrected chi connectivity index (χ2v) is 13.7. The maximum absolute atomic E-state index is 14.4. The van der Waals surface area contributed by atoms with Crippen LogP contribution in [0.3, 0.4) is 0 Å². The number of halogens is 8. The average molecular weight is 850 g/mol. The minimum Gasteiger partial charge on any atom is -0.466 e. The van der Waals surface area contributed by atoms with E-state index in [4.69, 9.17) is 37.4 Å². The van der Waals surface area contributed by atoms with Gasteiger partial charge in [-0.1, -0.05) is 73.4 Å². The molecule has 0 radical (unpaired) electrons. The second kappa shape index (κ2) is 17.3. The first kappa shape index (κ1) is 44.8. The van der Waals surface area contributed by atoms with Crippen molar-refractivity contribution in [3.63, 3.8) is 0 Å². The molecule has 2 aromatic rings. The molecule has 0 saturated heterocycles. The number of hydrogen-bond donors (Lipinski definition) is 0. The third-order valence-corrected chi connectivity index (χ3v) is 10.8. The fraction of sp³-hybridized carbons (Fsp3) is 0.421. The summed E-state index contributed by atoms with van der Waals surface area (Å²) in [6, 6.07) is 7.33. The van der Waals surface area contributed by atoms with Gasteiger partial charge in [0, 0.05) is 33.1 Å². The van der Waals surface area contributed by atoms with E-state index in [2.05, 4.69) is 0 Å². The number of allylic oxidation sites excluding steroid dienone is 2. The lowest BCUT2D eigenvalue weighted by molar-refractivity contribution is -0.575. The summed E-state index contributed by atoms with van der Waals surface area (Å²) >= 11 is 13.8. The van der Waals surface area contributed by atoms with Crippen LogP contribution >= 0.6 is 23.2 Å². The Labute approximate surface area is 332 Å². The topological polar surface area (TPSA) is 148 Å². The molecule has 6 unspecified atom stereocenters. The summed E-state index contributed by atoms with van der Waals surface area (Å²) in [5.41, 5.74) is -10.3. The van der Waals surface area contributed by atoms with Crippen LogP contribution < -0.4 is 0 Å². The summed E-state index contributed by atoms with van der Waals surface area (Å²) in [5.74, 6) is -10.1. The molecule has 2 aliphatic carbocycles. The van der Waals surface area contributed by atoms with Gasteiger partial charge in [-0.25, -0.2) is 0 Å². The van der Waals surface area contributed by atoms with Crippen molar-refractivity contribution in [2.45, 2.75) is 64.0 Å². The molecule has 2 aliphatic rings. The van der Waals surface area contributed by atoms with Gasteiger partial charge in [-0.2, -0.15) is 26.3 Å². The van der Waals surface area contributed by atoms with Gasteiger partial charge < -0.3 is 14.2 Å². The van der Waals surface area contributed by atoms with E-state index in [0.29, 0.717) is 12.1 Å².